The van der Waals surface area contributed by atoms with Gasteiger partial charge < -0.3 is 10.1 Å². The van der Waals surface area contributed by atoms with E-state index in [1.807, 2.05) is 6.92 Å². The first-order valence-electron chi connectivity index (χ1n) is 8.51. The van der Waals surface area contributed by atoms with Gasteiger partial charge in [-0.1, -0.05) is 12.1 Å². The van der Waals surface area contributed by atoms with E-state index >= 15 is 0 Å². The molecule has 3 amide bonds. The van der Waals surface area contributed by atoms with Crippen molar-refractivity contribution in [2.75, 3.05) is 13.2 Å². The second-order valence-electron chi connectivity index (χ2n) is 6.33. The van der Waals surface area contributed by atoms with Gasteiger partial charge in [-0.25, -0.2) is 9.18 Å². The Bertz CT molecular complexity index is 880. The molecule has 0 aliphatic carbocycles. The number of carbonyl (C=O) groups excluding carboxylic acids is 3. The number of imide groups is 1. The van der Waals surface area contributed by atoms with Crippen LogP contribution in [0.2, 0.25) is 0 Å². The lowest BCUT2D eigenvalue weighted by Gasteiger charge is -2.22. The van der Waals surface area contributed by atoms with Gasteiger partial charge in [0.1, 0.15) is 17.1 Å². The van der Waals surface area contributed by atoms with Gasteiger partial charge in [0, 0.05) is 5.56 Å². The number of nitrogens with one attached hydrogen (secondary N) is 1. The Kier molecular flexibility index (Phi) is 4.94. The zero-order valence-electron chi connectivity index (χ0n) is 15.0. The molecular formula is C20H19FN2O4. The first-order chi connectivity index (χ1) is 12.8. The topological polar surface area (TPSA) is 75.7 Å². The van der Waals surface area contributed by atoms with E-state index in [4.69, 9.17) is 4.74 Å². The first kappa shape index (κ1) is 18.6. The SMILES string of the molecule is CCOc1ccc(C(=O)CN2C(=O)N[C@](C)(c3ccc(F)cc3)C2=O)cc1. The predicted molar refractivity (Wildman–Crippen MR) is 95.9 cm³/mol. The fraction of sp³-hybridized carbons (Fsp3) is 0.250. The van der Waals surface area contributed by atoms with Crippen LogP contribution in [0.1, 0.15) is 29.8 Å². The van der Waals surface area contributed by atoms with Crippen LogP contribution in [-0.2, 0) is 10.3 Å². The van der Waals surface area contributed by atoms with Crippen LogP contribution >= 0.6 is 0 Å². The third kappa shape index (κ3) is 3.53. The largest absolute Gasteiger partial charge is 0.494 e. The smallest absolute Gasteiger partial charge is 0.325 e. The molecule has 2 aromatic rings. The average molecular weight is 370 g/mol. The molecule has 0 spiro atoms. The summed E-state index contributed by atoms with van der Waals surface area (Å²) < 4.78 is 18.5. The lowest BCUT2D eigenvalue weighted by molar-refractivity contribution is -0.130. The van der Waals surface area contributed by atoms with Gasteiger partial charge in [-0.15, -0.1) is 0 Å². The van der Waals surface area contributed by atoms with Gasteiger partial charge in [-0.05, 0) is 55.8 Å². The van der Waals surface area contributed by atoms with Gasteiger partial charge in [0.15, 0.2) is 5.78 Å². The van der Waals surface area contributed by atoms with Crippen LogP contribution in [0, 0.1) is 5.82 Å². The quantitative estimate of drug-likeness (QED) is 0.627. The molecule has 0 saturated carbocycles. The van der Waals surface area contributed by atoms with Crippen molar-refractivity contribution in [1.29, 1.82) is 0 Å². The van der Waals surface area contributed by atoms with Gasteiger partial charge >= 0.3 is 6.03 Å². The van der Waals surface area contributed by atoms with Gasteiger partial charge in [0.05, 0.1) is 13.2 Å². The number of ketones is 1. The maximum absolute atomic E-state index is 13.1. The van der Waals surface area contributed by atoms with Crippen molar-refractivity contribution >= 4 is 17.7 Å². The van der Waals surface area contributed by atoms with Crippen LogP contribution in [0.4, 0.5) is 9.18 Å². The number of nitrogens with zero attached hydrogens (tertiary/aromatic N) is 1. The van der Waals surface area contributed by atoms with E-state index < -0.39 is 23.3 Å². The predicted octanol–water partition coefficient (Wildman–Crippen LogP) is 2.87. The minimum absolute atomic E-state index is 0.370. The molecule has 6 nitrogen and oxygen atoms in total. The van der Waals surface area contributed by atoms with Crippen molar-refractivity contribution in [3.8, 4) is 5.75 Å². The second kappa shape index (κ2) is 7.19. The number of amides is 3. The van der Waals surface area contributed by atoms with Gasteiger partial charge in [0.2, 0.25) is 0 Å². The summed E-state index contributed by atoms with van der Waals surface area (Å²) in [6.45, 7) is 3.52. The number of ether oxygens (including phenoxy) is 1. The molecule has 1 N–H and O–H groups in total. The Morgan fingerprint density at radius 1 is 1.11 bits per heavy atom. The highest BCUT2D eigenvalue weighted by atomic mass is 19.1. The molecule has 1 aliphatic heterocycles. The summed E-state index contributed by atoms with van der Waals surface area (Å²) in [4.78, 5) is 38.5. The molecule has 3 rings (SSSR count). The van der Waals surface area contributed by atoms with Crippen LogP contribution in [0.25, 0.3) is 0 Å². The molecule has 2 aromatic carbocycles. The zero-order valence-corrected chi connectivity index (χ0v) is 15.0. The zero-order chi connectivity index (χ0) is 19.6. The number of Topliss-reactive ketones (excluding diaryl/α,β-unsaturated/α-hetero) is 1. The molecule has 0 unspecified atom stereocenters. The molecule has 0 aromatic heterocycles. The number of hydrogen-bond acceptors (Lipinski definition) is 4. The normalized spacial score (nSPS) is 19.1. The highest BCUT2D eigenvalue weighted by Gasteiger charge is 2.49. The van der Waals surface area contributed by atoms with E-state index in [-0.39, 0.29) is 12.3 Å². The van der Waals surface area contributed by atoms with Crippen molar-refractivity contribution in [1.82, 2.24) is 10.2 Å². The van der Waals surface area contributed by atoms with Crippen molar-refractivity contribution < 1.29 is 23.5 Å². The number of urea groups is 1. The Balaban J connectivity index is 1.77. The Morgan fingerprint density at radius 3 is 2.33 bits per heavy atom. The maximum atomic E-state index is 13.1. The van der Waals surface area contributed by atoms with Crippen molar-refractivity contribution in [3.05, 3.63) is 65.5 Å². The summed E-state index contributed by atoms with van der Waals surface area (Å²) in [6.07, 6.45) is 0. The summed E-state index contributed by atoms with van der Waals surface area (Å²) in [5, 5.41) is 2.59. The molecule has 1 aliphatic rings. The lowest BCUT2D eigenvalue weighted by atomic mass is 9.92. The summed E-state index contributed by atoms with van der Waals surface area (Å²) in [5.41, 5.74) is -0.531. The summed E-state index contributed by atoms with van der Waals surface area (Å²) in [7, 11) is 0. The second-order valence-corrected chi connectivity index (χ2v) is 6.33. The van der Waals surface area contributed by atoms with Crippen molar-refractivity contribution in [2.24, 2.45) is 0 Å². The van der Waals surface area contributed by atoms with Crippen molar-refractivity contribution in [3.63, 3.8) is 0 Å². The minimum Gasteiger partial charge on any atom is -0.494 e. The molecule has 0 bridgehead atoms. The standard InChI is InChI=1S/C20H19FN2O4/c1-3-27-16-10-4-13(5-11-16)17(24)12-23-18(25)20(2,22-19(23)26)14-6-8-15(21)9-7-14/h4-11H,3,12H2,1-2H3,(H,22,26)/t20-/m1/s1. The summed E-state index contributed by atoms with van der Waals surface area (Å²) in [6, 6.07) is 11.1. The number of carbonyl (C=O) groups is 3. The van der Waals surface area contributed by atoms with E-state index in [1.165, 1.54) is 31.2 Å². The number of hydrogen-bond donors (Lipinski definition) is 1. The molecule has 27 heavy (non-hydrogen) atoms. The fourth-order valence-electron chi connectivity index (χ4n) is 2.96. The molecule has 1 saturated heterocycles. The molecule has 1 heterocycles. The van der Waals surface area contributed by atoms with E-state index in [2.05, 4.69) is 5.32 Å². The third-order valence-corrected chi connectivity index (χ3v) is 4.49. The number of halogens is 1. The van der Waals surface area contributed by atoms with Gasteiger partial charge in [0.25, 0.3) is 5.91 Å². The lowest BCUT2D eigenvalue weighted by Crippen LogP contribution is -2.41. The molecule has 1 atom stereocenters. The highest BCUT2D eigenvalue weighted by Crippen LogP contribution is 2.29. The van der Waals surface area contributed by atoms with Crippen LogP contribution in [0.5, 0.6) is 5.75 Å². The summed E-state index contributed by atoms with van der Waals surface area (Å²) in [5.74, 6) is -0.738. The Hall–Kier alpha value is -3.22. The van der Waals surface area contributed by atoms with E-state index in [0.717, 1.165) is 4.90 Å². The fourth-order valence-corrected chi connectivity index (χ4v) is 2.96. The van der Waals surface area contributed by atoms with E-state index in [9.17, 15) is 18.8 Å². The Morgan fingerprint density at radius 2 is 1.74 bits per heavy atom. The third-order valence-electron chi connectivity index (χ3n) is 4.49. The maximum Gasteiger partial charge on any atom is 0.325 e. The molecule has 1 fully saturated rings. The van der Waals surface area contributed by atoms with Crippen LogP contribution in [0.15, 0.2) is 48.5 Å². The van der Waals surface area contributed by atoms with E-state index in [0.29, 0.717) is 23.5 Å². The first-order valence-corrected chi connectivity index (χ1v) is 8.51. The minimum atomic E-state index is -1.34. The van der Waals surface area contributed by atoms with Crippen molar-refractivity contribution in [2.45, 2.75) is 19.4 Å². The molecular weight excluding hydrogens is 351 g/mol. The number of rotatable bonds is 6. The van der Waals surface area contributed by atoms with Crippen LogP contribution in [0.3, 0.4) is 0 Å². The Labute approximate surface area is 155 Å². The van der Waals surface area contributed by atoms with Gasteiger partial charge in [-0.3, -0.25) is 14.5 Å². The highest BCUT2D eigenvalue weighted by molar-refractivity contribution is 6.11. The molecule has 7 heteroatoms. The molecule has 0 radical (unpaired) electrons. The van der Waals surface area contributed by atoms with Gasteiger partial charge in [-0.2, -0.15) is 0 Å². The average Bonchev–Trinajstić information content (AvgIpc) is 2.87. The summed E-state index contributed by atoms with van der Waals surface area (Å²) >= 11 is 0. The van der Waals surface area contributed by atoms with Crippen LogP contribution < -0.4 is 10.1 Å². The molecule has 140 valence electrons. The van der Waals surface area contributed by atoms with Crippen LogP contribution in [-0.4, -0.2) is 35.8 Å². The monoisotopic (exact) mass is 370 g/mol. The van der Waals surface area contributed by atoms with E-state index in [1.54, 1.807) is 24.3 Å². The number of benzene rings is 2.